The molecule has 0 aliphatic rings. The summed E-state index contributed by atoms with van der Waals surface area (Å²) in [6.07, 6.45) is 0.423. The predicted molar refractivity (Wildman–Crippen MR) is 74.0 cm³/mol. The van der Waals surface area contributed by atoms with Crippen LogP contribution < -0.4 is 5.73 Å². The van der Waals surface area contributed by atoms with Crippen molar-refractivity contribution in [2.45, 2.75) is 18.2 Å². The van der Waals surface area contributed by atoms with Gasteiger partial charge in [-0.2, -0.15) is 11.8 Å². The summed E-state index contributed by atoms with van der Waals surface area (Å²) in [5.74, 6) is 1.29. The SMILES string of the molecule is NC(CCSCc1nnc(-c2cccs2)o1)C(=O)O. The molecule has 0 amide bonds. The minimum atomic E-state index is -0.974. The van der Waals surface area contributed by atoms with Gasteiger partial charge in [0.25, 0.3) is 5.89 Å². The monoisotopic (exact) mass is 299 g/mol. The highest BCUT2D eigenvalue weighted by Crippen LogP contribution is 2.24. The Morgan fingerprint density at radius 2 is 2.42 bits per heavy atom. The number of carboxylic acid groups (broad SMARTS) is 1. The molecule has 0 saturated carbocycles. The lowest BCUT2D eigenvalue weighted by Gasteiger charge is -2.04. The van der Waals surface area contributed by atoms with Gasteiger partial charge in [0.1, 0.15) is 6.04 Å². The van der Waals surface area contributed by atoms with E-state index >= 15 is 0 Å². The number of thioether (sulfide) groups is 1. The van der Waals surface area contributed by atoms with Crippen LogP contribution in [-0.4, -0.2) is 33.1 Å². The van der Waals surface area contributed by atoms with Crippen molar-refractivity contribution in [1.82, 2.24) is 10.2 Å². The van der Waals surface area contributed by atoms with Gasteiger partial charge in [0.05, 0.1) is 10.6 Å². The van der Waals surface area contributed by atoms with E-state index in [0.717, 1.165) is 4.88 Å². The van der Waals surface area contributed by atoms with Crippen LogP contribution in [0.5, 0.6) is 0 Å². The summed E-state index contributed by atoms with van der Waals surface area (Å²) < 4.78 is 5.50. The summed E-state index contributed by atoms with van der Waals surface area (Å²) in [5, 5.41) is 18.5. The number of nitrogens with zero attached hydrogens (tertiary/aromatic N) is 2. The van der Waals surface area contributed by atoms with Crippen LogP contribution in [0.1, 0.15) is 12.3 Å². The highest BCUT2D eigenvalue weighted by Gasteiger charge is 2.12. The van der Waals surface area contributed by atoms with E-state index in [2.05, 4.69) is 10.2 Å². The molecule has 1 atom stereocenters. The molecule has 2 aromatic heterocycles. The molecule has 0 aliphatic carbocycles. The van der Waals surface area contributed by atoms with Gasteiger partial charge in [0.2, 0.25) is 5.89 Å². The van der Waals surface area contributed by atoms with E-state index in [0.29, 0.717) is 29.7 Å². The number of carbonyl (C=O) groups is 1. The zero-order chi connectivity index (χ0) is 13.7. The zero-order valence-electron chi connectivity index (χ0n) is 9.98. The van der Waals surface area contributed by atoms with Crippen molar-refractivity contribution >= 4 is 29.1 Å². The quantitative estimate of drug-likeness (QED) is 0.752. The normalized spacial score (nSPS) is 12.5. The Hall–Kier alpha value is -1.38. The molecule has 2 aromatic rings. The standard InChI is InChI=1S/C11H13N3O3S2/c12-7(11(15)16)3-5-18-6-9-13-14-10(17-9)8-2-1-4-19-8/h1-2,4,7H,3,5-6,12H2,(H,15,16). The van der Waals surface area contributed by atoms with Gasteiger partial charge in [-0.3, -0.25) is 4.79 Å². The van der Waals surface area contributed by atoms with Crippen molar-refractivity contribution in [2.24, 2.45) is 5.73 Å². The highest BCUT2D eigenvalue weighted by atomic mass is 32.2. The number of aliphatic carboxylic acids is 1. The van der Waals surface area contributed by atoms with Crippen LogP contribution in [-0.2, 0) is 10.5 Å². The Morgan fingerprint density at radius 1 is 1.58 bits per heavy atom. The topological polar surface area (TPSA) is 102 Å². The first-order valence-electron chi connectivity index (χ1n) is 5.59. The number of hydrogen-bond acceptors (Lipinski definition) is 7. The predicted octanol–water partition coefficient (Wildman–Crippen LogP) is 1.83. The third-order valence-electron chi connectivity index (χ3n) is 2.31. The average molecular weight is 299 g/mol. The molecule has 2 heterocycles. The van der Waals surface area contributed by atoms with Crippen molar-refractivity contribution in [3.8, 4) is 10.8 Å². The summed E-state index contributed by atoms with van der Waals surface area (Å²) in [7, 11) is 0. The molecule has 0 bridgehead atoms. The summed E-state index contributed by atoms with van der Waals surface area (Å²) in [6.45, 7) is 0. The van der Waals surface area contributed by atoms with Gasteiger partial charge >= 0.3 is 5.97 Å². The van der Waals surface area contributed by atoms with E-state index in [-0.39, 0.29) is 0 Å². The van der Waals surface area contributed by atoms with Crippen LogP contribution in [0.4, 0.5) is 0 Å². The van der Waals surface area contributed by atoms with Crippen molar-refractivity contribution in [3.63, 3.8) is 0 Å². The van der Waals surface area contributed by atoms with Gasteiger partial charge in [-0.25, -0.2) is 0 Å². The average Bonchev–Trinajstić information content (AvgIpc) is 3.04. The number of carboxylic acids is 1. The second-order valence-electron chi connectivity index (χ2n) is 3.76. The van der Waals surface area contributed by atoms with Gasteiger partial charge in [-0.1, -0.05) is 6.07 Å². The lowest BCUT2D eigenvalue weighted by atomic mass is 10.2. The Bertz CT molecular complexity index is 527. The van der Waals surface area contributed by atoms with Crippen molar-refractivity contribution in [1.29, 1.82) is 0 Å². The van der Waals surface area contributed by atoms with Gasteiger partial charge in [0, 0.05) is 0 Å². The number of aromatic nitrogens is 2. The molecule has 102 valence electrons. The molecule has 0 aromatic carbocycles. The maximum atomic E-state index is 10.5. The molecule has 8 heteroatoms. The molecule has 0 aliphatic heterocycles. The fraction of sp³-hybridized carbons (Fsp3) is 0.364. The third-order valence-corrected chi connectivity index (χ3v) is 4.15. The Balaban J connectivity index is 1.77. The van der Waals surface area contributed by atoms with E-state index < -0.39 is 12.0 Å². The minimum Gasteiger partial charge on any atom is -0.480 e. The zero-order valence-corrected chi connectivity index (χ0v) is 11.6. The van der Waals surface area contributed by atoms with Gasteiger partial charge < -0.3 is 15.3 Å². The van der Waals surface area contributed by atoms with E-state index in [1.165, 1.54) is 23.1 Å². The van der Waals surface area contributed by atoms with Crippen molar-refractivity contribution < 1.29 is 14.3 Å². The molecule has 1 unspecified atom stereocenters. The smallest absolute Gasteiger partial charge is 0.320 e. The first-order valence-corrected chi connectivity index (χ1v) is 7.62. The molecule has 0 spiro atoms. The fourth-order valence-electron chi connectivity index (χ4n) is 1.31. The Kier molecular flexibility index (Phi) is 4.94. The molecule has 0 saturated heterocycles. The Morgan fingerprint density at radius 3 is 3.11 bits per heavy atom. The second-order valence-corrected chi connectivity index (χ2v) is 5.82. The van der Waals surface area contributed by atoms with Gasteiger partial charge in [-0.15, -0.1) is 21.5 Å². The van der Waals surface area contributed by atoms with Crippen LogP contribution in [0.25, 0.3) is 10.8 Å². The minimum absolute atomic E-state index is 0.423. The van der Waals surface area contributed by atoms with Crippen molar-refractivity contribution in [2.75, 3.05) is 5.75 Å². The summed E-state index contributed by atoms with van der Waals surface area (Å²) in [6, 6.07) is 3.03. The maximum absolute atomic E-state index is 10.5. The lowest BCUT2D eigenvalue weighted by molar-refractivity contribution is -0.138. The molecule has 0 fully saturated rings. The molecule has 2 rings (SSSR count). The van der Waals surface area contributed by atoms with E-state index in [4.69, 9.17) is 15.3 Å². The molecule has 6 nitrogen and oxygen atoms in total. The second kappa shape index (κ2) is 6.69. The summed E-state index contributed by atoms with van der Waals surface area (Å²) in [5.41, 5.74) is 5.40. The number of rotatable bonds is 7. The number of hydrogen-bond donors (Lipinski definition) is 2. The maximum Gasteiger partial charge on any atom is 0.320 e. The molecular weight excluding hydrogens is 286 g/mol. The fourth-order valence-corrected chi connectivity index (χ4v) is 2.81. The van der Waals surface area contributed by atoms with Gasteiger partial charge in [-0.05, 0) is 23.6 Å². The van der Waals surface area contributed by atoms with Crippen LogP contribution in [0, 0.1) is 0 Å². The van der Waals surface area contributed by atoms with Crippen LogP contribution in [0.15, 0.2) is 21.9 Å². The van der Waals surface area contributed by atoms with Crippen LogP contribution in [0.2, 0.25) is 0 Å². The molecule has 0 radical (unpaired) electrons. The lowest BCUT2D eigenvalue weighted by Crippen LogP contribution is -2.30. The Labute approximate surface area is 118 Å². The highest BCUT2D eigenvalue weighted by molar-refractivity contribution is 7.98. The van der Waals surface area contributed by atoms with Gasteiger partial charge in [0.15, 0.2) is 0 Å². The largest absolute Gasteiger partial charge is 0.480 e. The van der Waals surface area contributed by atoms with Crippen LogP contribution in [0.3, 0.4) is 0 Å². The van der Waals surface area contributed by atoms with E-state index in [1.807, 2.05) is 17.5 Å². The first kappa shape index (κ1) is 14.0. The first-order chi connectivity index (χ1) is 9.16. The van der Waals surface area contributed by atoms with E-state index in [1.54, 1.807) is 0 Å². The summed E-state index contributed by atoms with van der Waals surface area (Å²) >= 11 is 3.07. The molecule has 3 N–H and O–H groups in total. The molecule has 19 heavy (non-hydrogen) atoms. The number of thiophene rings is 1. The van der Waals surface area contributed by atoms with E-state index in [9.17, 15) is 4.79 Å². The molecular formula is C11H13N3O3S2. The summed E-state index contributed by atoms with van der Waals surface area (Å²) in [4.78, 5) is 11.5. The number of nitrogens with two attached hydrogens (primary N) is 1. The van der Waals surface area contributed by atoms with Crippen molar-refractivity contribution in [3.05, 3.63) is 23.4 Å². The van der Waals surface area contributed by atoms with Crippen LogP contribution >= 0.6 is 23.1 Å². The third kappa shape index (κ3) is 4.05.